The first-order valence-corrected chi connectivity index (χ1v) is 8.45. The van der Waals surface area contributed by atoms with Crippen LogP contribution in [0.4, 0.5) is 5.69 Å². The van der Waals surface area contributed by atoms with Crippen LogP contribution in [-0.4, -0.2) is 10.9 Å². The van der Waals surface area contributed by atoms with E-state index in [4.69, 9.17) is 4.42 Å². The lowest BCUT2D eigenvalue weighted by atomic mass is 9.95. The van der Waals surface area contributed by atoms with Crippen LogP contribution in [0.2, 0.25) is 0 Å². The summed E-state index contributed by atoms with van der Waals surface area (Å²) >= 11 is 0. The number of rotatable bonds is 2. The molecule has 0 fully saturated rings. The molecule has 25 heavy (non-hydrogen) atoms. The quantitative estimate of drug-likeness (QED) is 0.681. The van der Waals surface area contributed by atoms with Crippen LogP contribution < -0.4 is 5.32 Å². The fourth-order valence-corrected chi connectivity index (χ4v) is 2.70. The summed E-state index contributed by atoms with van der Waals surface area (Å²) in [5.41, 5.74) is 6.08. The Morgan fingerprint density at radius 1 is 1.04 bits per heavy atom. The van der Waals surface area contributed by atoms with Gasteiger partial charge in [0, 0.05) is 16.7 Å². The molecule has 0 atom stereocenters. The van der Waals surface area contributed by atoms with E-state index in [1.807, 2.05) is 65.8 Å². The van der Waals surface area contributed by atoms with Crippen LogP contribution in [0, 0.1) is 26.2 Å². The number of nitrogens with zero attached hydrogens (tertiary/aromatic N) is 1. The Morgan fingerprint density at radius 3 is 2.44 bits per heavy atom. The Kier molecular flexibility index (Phi) is 4.15. The number of carbonyl (C=O) groups is 1. The zero-order valence-corrected chi connectivity index (χ0v) is 15.7. The molecule has 0 unspecified atom stereocenters. The van der Waals surface area contributed by atoms with E-state index >= 15 is 0 Å². The van der Waals surface area contributed by atoms with Gasteiger partial charge in [0.1, 0.15) is 5.52 Å². The molecule has 0 bridgehead atoms. The minimum absolute atomic E-state index is 0.0169. The normalized spacial score (nSPS) is 11.8. The maximum absolute atomic E-state index is 12.3. The lowest BCUT2D eigenvalue weighted by Crippen LogP contribution is -2.27. The van der Waals surface area contributed by atoms with Gasteiger partial charge in [-0.15, -0.1) is 0 Å². The third kappa shape index (κ3) is 3.43. The zero-order valence-electron chi connectivity index (χ0n) is 15.7. The molecule has 130 valence electrons. The molecule has 0 radical (unpaired) electrons. The van der Waals surface area contributed by atoms with Crippen LogP contribution in [0.3, 0.4) is 0 Å². The molecule has 0 saturated heterocycles. The smallest absolute Gasteiger partial charge is 0.229 e. The van der Waals surface area contributed by atoms with Gasteiger partial charge in [-0.25, -0.2) is 4.98 Å². The van der Waals surface area contributed by atoms with Crippen molar-refractivity contribution in [3.63, 3.8) is 0 Å². The number of benzene rings is 2. The largest absolute Gasteiger partial charge is 0.436 e. The second kappa shape index (κ2) is 6.03. The van der Waals surface area contributed by atoms with Crippen molar-refractivity contribution in [2.45, 2.75) is 41.5 Å². The van der Waals surface area contributed by atoms with E-state index in [2.05, 4.69) is 16.4 Å². The first-order chi connectivity index (χ1) is 11.6. The van der Waals surface area contributed by atoms with Gasteiger partial charge in [0.25, 0.3) is 0 Å². The van der Waals surface area contributed by atoms with E-state index in [-0.39, 0.29) is 5.91 Å². The van der Waals surface area contributed by atoms with Gasteiger partial charge in [-0.05, 0) is 55.7 Å². The summed E-state index contributed by atoms with van der Waals surface area (Å²) in [6.45, 7) is 11.7. The topological polar surface area (TPSA) is 55.1 Å². The highest BCUT2D eigenvalue weighted by Crippen LogP contribution is 2.30. The average molecular weight is 336 g/mol. The van der Waals surface area contributed by atoms with Crippen LogP contribution in [0.5, 0.6) is 0 Å². The minimum atomic E-state index is -0.450. The molecule has 0 aliphatic heterocycles. The van der Waals surface area contributed by atoms with Crippen LogP contribution in [0.15, 0.2) is 34.7 Å². The Bertz CT molecular complexity index is 962. The van der Waals surface area contributed by atoms with Gasteiger partial charge in [-0.1, -0.05) is 32.9 Å². The monoisotopic (exact) mass is 336 g/mol. The Labute approximate surface area is 148 Å². The van der Waals surface area contributed by atoms with Gasteiger partial charge in [0.2, 0.25) is 11.8 Å². The van der Waals surface area contributed by atoms with Gasteiger partial charge >= 0.3 is 0 Å². The number of amides is 1. The molecule has 3 aromatic rings. The number of hydrogen-bond acceptors (Lipinski definition) is 3. The molecule has 2 aromatic carbocycles. The molecule has 4 nitrogen and oxygen atoms in total. The molecule has 0 aliphatic carbocycles. The van der Waals surface area contributed by atoms with E-state index in [1.54, 1.807) is 0 Å². The second-order valence-electron chi connectivity index (χ2n) is 7.68. The van der Waals surface area contributed by atoms with Gasteiger partial charge in [0.15, 0.2) is 5.58 Å². The summed E-state index contributed by atoms with van der Waals surface area (Å²) in [6.07, 6.45) is 0. The van der Waals surface area contributed by atoms with E-state index in [0.717, 1.165) is 39.0 Å². The predicted molar refractivity (Wildman–Crippen MR) is 102 cm³/mol. The van der Waals surface area contributed by atoms with Crippen molar-refractivity contribution in [1.29, 1.82) is 0 Å². The van der Waals surface area contributed by atoms with Crippen molar-refractivity contribution in [2.75, 3.05) is 5.32 Å². The van der Waals surface area contributed by atoms with Crippen molar-refractivity contribution in [2.24, 2.45) is 5.41 Å². The van der Waals surface area contributed by atoms with Gasteiger partial charge < -0.3 is 9.73 Å². The van der Waals surface area contributed by atoms with Gasteiger partial charge in [0.05, 0.1) is 0 Å². The van der Waals surface area contributed by atoms with Crippen LogP contribution in [-0.2, 0) is 4.79 Å². The number of nitrogens with one attached hydrogen (secondary N) is 1. The Balaban J connectivity index is 2.02. The first-order valence-electron chi connectivity index (χ1n) is 8.45. The van der Waals surface area contributed by atoms with E-state index < -0.39 is 5.41 Å². The predicted octanol–water partition coefficient (Wildman–Crippen LogP) is 5.40. The van der Waals surface area contributed by atoms with E-state index in [1.165, 1.54) is 0 Å². The molecule has 0 aliphatic rings. The van der Waals surface area contributed by atoms with Crippen LogP contribution in [0.1, 0.15) is 37.5 Å². The van der Waals surface area contributed by atoms with Crippen molar-refractivity contribution in [3.8, 4) is 11.5 Å². The summed E-state index contributed by atoms with van der Waals surface area (Å²) in [4.78, 5) is 16.9. The second-order valence-corrected chi connectivity index (χ2v) is 7.68. The van der Waals surface area contributed by atoms with Crippen molar-refractivity contribution in [3.05, 3.63) is 47.0 Å². The molecular formula is C21H24N2O2. The maximum Gasteiger partial charge on any atom is 0.229 e. The van der Waals surface area contributed by atoms with Crippen molar-refractivity contribution < 1.29 is 9.21 Å². The van der Waals surface area contributed by atoms with Gasteiger partial charge in [-0.3, -0.25) is 4.79 Å². The molecule has 4 heteroatoms. The Hall–Kier alpha value is -2.62. The summed E-state index contributed by atoms with van der Waals surface area (Å²) in [5.74, 6) is 0.548. The number of oxazole rings is 1. The van der Waals surface area contributed by atoms with Crippen LogP contribution in [0.25, 0.3) is 22.6 Å². The fourth-order valence-electron chi connectivity index (χ4n) is 2.70. The number of hydrogen-bond donors (Lipinski definition) is 1. The molecule has 1 heterocycles. The van der Waals surface area contributed by atoms with Crippen molar-refractivity contribution in [1.82, 2.24) is 4.98 Å². The number of fused-ring (bicyclic) bond motifs is 1. The van der Waals surface area contributed by atoms with Gasteiger partial charge in [-0.2, -0.15) is 0 Å². The lowest BCUT2D eigenvalue weighted by molar-refractivity contribution is -0.123. The average Bonchev–Trinajstić information content (AvgIpc) is 2.92. The summed E-state index contributed by atoms with van der Waals surface area (Å²) < 4.78 is 5.98. The molecule has 0 spiro atoms. The summed E-state index contributed by atoms with van der Waals surface area (Å²) in [6, 6.07) is 9.97. The van der Waals surface area contributed by atoms with E-state index in [0.29, 0.717) is 5.89 Å². The maximum atomic E-state index is 12.3. The minimum Gasteiger partial charge on any atom is -0.436 e. The molecule has 1 aromatic heterocycles. The highest BCUT2D eigenvalue weighted by Gasteiger charge is 2.22. The standard InChI is InChI=1S/C21H24N2O2/c1-12-9-14(3)18-17(10-12)22-19(25-18)15-8-7-13(2)16(11-15)23-20(24)21(4,5)6/h7-11H,1-6H3,(H,23,24). The third-order valence-electron chi connectivity index (χ3n) is 4.23. The molecule has 1 amide bonds. The highest BCUT2D eigenvalue weighted by molar-refractivity contribution is 5.95. The molecule has 0 saturated carbocycles. The lowest BCUT2D eigenvalue weighted by Gasteiger charge is -2.19. The zero-order chi connectivity index (χ0) is 18.4. The van der Waals surface area contributed by atoms with E-state index in [9.17, 15) is 4.79 Å². The summed E-state index contributed by atoms with van der Waals surface area (Å²) in [7, 11) is 0. The number of aryl methyl sites for hydroxylation is 3. The third-order valence-corrected chi connectivity index (χ3v) is 4.23. The molecule has 3 rings (SSSR count). The summed E-state index contributed by atoms with van der Waals surface area (Å²) in [5, 5.41) is 3.01. The number of aromatic nitrogens is 1. The molecule has 1 N–H and O–H groups in total. The molecular weight excluding hydrogens is 312 g/mol. The first kappa shape index (κ1) is 17.2. The SMILES string of the molecule is Cc1cc(C)c2oc(-c3ccc(C)c(NC(=O)C(C)(C)C)c3)nc2c1. The number of anilines is 1. The van der Waals surface area contributed by atoms with Crippen LogP contribution >= 0.6 is 0 Å². The Morgan fingerprint density at radius 2 is 1.76 bits per heavy atom. The fraction of sp³-hybridized carbons (Fsp3) is 0.333. The highest BCUT2D eigenvalue weighted by atomic mass is 16.3. The number of carbonyl (C=O) groups excluding carboxylic acids is 1. The van der Waals surface area contributed by atoms with Crippen molar-refractivity contribution >= 4 is 22.7 Å².